The van der Waals surface area contributed by atoms with E-state index in [1.807, 2.05) is 0 Å². The second-order valence-corrected chi connectivity index (χ2v) is 37.0. The van der Waals surface area contributed by atoms with E-state index in [0.29, 0.717) is 114 Å². The van der Waals surface area contributed by atoms with E-state index in [1.165, 1.54) is 32.1 Å². The SMILES string of the molecule is C[C@H](CCC(=O)O[C@@H]1CC[C@@]2(C)C(C1)C[C@H](O)[C@H]1C3CC[C@H]([C@H](C)CCC(=O)O[C@@H]4CC[C@@]5(C)C(C4)C[C@H](O)[C@H]4C6CC[C@H]([C@H](C)CCC(=O)NCCS(=O)(=O)O)[C@@]6(C)CC[C@@H]45)[C@@]3(C)CC[C@@H]12)[C@H]1CCC2[C@@H]3[C@@H](O)CC4C[C@H](O)CC[C@]4(C)[C@H]3CC[C@@]21C. The topological polar surface area (TPSA) is 217 Å². The molecule has 0 heterocycles. The van der Waals surface area contributed by atoms with Crippen LogP contribution in [0.4, 0.5) is 0 Å². The van der Waals surface area contributed by atoms with Gasteiger partial charge in [0, 0.05) is 25.8 Å². The van der Waals surface area contributed by atoms with Crippen molar-refractivity contribution >= 4 is 28.0 Å². The number of aliphatic hydroxyl groups excluding tert-OH is 4. The van der Waals surface area contributed by atoms with Gasteiger partial charge >= 0.3 is 11.9 Å². The largest absolute Gasteiger partial charge is 0.462 e. The Balaban J connectivity index is 0.581. The second kappa shape index (κ2) is 24.7. The van der Waals surface area contributed by atoms with Crippen molar-refractivity contribution in [1.29, 1.82) is 0 Å². The van der Waals surface area contributed by atoms with Crippen molar-refractivity contribution in [1.82, 2.24) is 5.32 Å². The smallest absolute Gasteiger partial charge is 0.306 e. The fourth-order valence-electron chi connectivity index (χ4n) is 27.3. The molecule has 30 atom stereocenters. The first-order valence-electron chi connectivity index (χ1n) is 36.8. The maximum Gasteiger partial charge on any atom is 0.306 e. The van der Waals surface area contributed by atoms with E-state index in [2.05, 4.69) is 67.6 Å². The summed E-state index contributed by atoms with van der Waals surface area (Å²) in [5, 5.41) is 49.4. The molecule has 1 amide bonds. The van der Waals surface area contributed by atoms with Crippen molar-refractivity contribution in [2.24, 2.45) is 139 Å². The maximum atomic E-state index is 13.9. The molecular formula is C74H121NO12S. The summed E-state index contributed by atoms with van der Waals surface area (Å²) in [7, 11) is -4.12. The Morgan fingerprint density at radius 3 is 1.15 bits per heavy atom. The minimum absolute atomic E-state index is 0.0486. The first-order valence-corrected chi connectivity index (χ1v) is 38.4. The zero-order chi connectivity index (χ0) is 62.8. The Labute approximate surface area is 530 Å². The Kier molecular flexibility index (Phi) is 18.6. The maximum absolute atomic E-state index is 13.9. The number of amides is 1. The Bertz CT molecular complexity index is 2650. The first kappa shape index (κ1) is 66.2. The van der Waals surface area contributed by atoms with Crippen LogP contribution in [0.2, 0.25) is 0 Å². The van der Waals surface area contributed by atoms with Crippen molar-refractivity contribution in [3.8, 4) is 0 Å². The van der Waals surface area contributed by atoms with Gasteiger partial charge in [0.2, 0.25) is 5.91 Å². The molecule has 0 aromatic carbocycles. The van der Waals surface area contributed by atoms with E-state index in [9.17, 15) is 43.2 Å². The quantitative estimate of drug-likeness (QED) is 0.0592. The monoisotopic (exact) mass is 1250 g/mol. The van der Waals surface area contributed by atoms with Gasteiger partial charge in [-0.3, -0.25) is 18.9 Å². The van der Waals surface area contributed by atoms with E-state index in [-0.39, 0.29) is 105 Å². The molecule has 0 aromatic heterocycles. The summed E-state index contributed by atoms with van der Waals surface area (Å²) in [5.74, 6) is 6.71. The van der Waals surface area contributed by atoms with Crippen molar-refractivity contribution in [3.05, 3.63) is 0 Å². The molecule has 0 spiro atoms. The predicted octanol–water partition coefficient (Wildman–Crippen LogP) is 13.3. The van der Waals surface area contributed by atoms with Crippen molar-refractivity contribution in [2.45, 2.75) is 292 Å². The summed E-state index contributed by atoms with van der Waals surface area (Å²) in [5.41, 5.74) is 0.869. The number of fused-ring (bicyclic) bond motifs is 15. The third-order valence-corrected chi connectivity index (χ3v) is 32.6. The normalized spacial score (nSPS) is 50.4. The summed E-state index contributed by atoms with van der Waals surface area (Å²) >= 11 is 0. The van der Waals surface area contributed by atoms with Crippen LogP contribution in [0.1, 0.15) is 255 Å². The number of hydrogen-bond donors (Lipinski definition) is 6. The molecule has 12 fully saturated rings. The standard InChI is InChI=1S/C74H121NO12S/c1-42(10-19-63(80)75-34-35-88(83,84)85)51-13-16-55-67-58(26-32-72(51,55)7)70(5)29-23-49(37-46(70)40-61(67)78)86-65(82)21-12-44(3)53-15-18-56-68-59(27-33-74(53,56)9)71(6)30-24-50(38-47(71)41-62(68)79)87-64(81)20-11-43(2)52-14-17-54-66-57(25-31-73(52,54)8)69(4)28-22-48(76)36-45(69)39-60(66)77/h42-62,66-68,76-79H,10-41H2,1-9H3,(H,75,80)(H,83,84,85)/t42-,43-,44-,45?,46?,47?,48-,49-,50-,51-,52-,53-,54?,55?,56?,57+,58+,59+,60+,61+,62+,66+,67+,68+,69+,70+,71+,72-,73-,74-/m1/s1. The average molecular weight is 1250 g/mol. The third-order valence-electron chi connectivity index (χ3n) is 31.9. The molecule has 0 radical (unpaired) electrons. The van der Waals surface area contributed by atoms with Crippen LogP contribution in [0, 0.1) is 139 Å². The number of ether oxygens (including phenoxy) is 2. The Morgan fingerprint density at radius 1 is 0.443 bits per heavy atom. The third kappa shape index (κ3) is 11.7. The van der Waals surface area contributed by atoms with Gasteiger partial charge in [0.1, 0.15) is 12.2 Å². The summed E-state index contributed by atoms with van der Waals surface area (Å²) in [6.07, 6.45) is 26.7. The molecular weight excluding hydrogens is 1130 g/mol. The number of hydrogen-bond acceptors (Lipinski definition) is 11. The lowest BCUT2D eigenvalue weighted by Gasteiger charge is -2.62. The first-order chi connectivity index (χ1) is 41.5. The lowest BCUT2D eigenvalue weighted by Crippen LogP contribution is -2.59. The number of esters is 2. The number of carbonyl (C=O) groups excluding carboxylic acids is 3. The zero-order valence-corrected chi connectivity index (χ0v) is 56.8. The van der Waals surface area contributed by atoms with Gasteiger partial charge in [-0.05, 0) is 312 Å². The number of nitrogens with one attached hydrogen (secondary N) is 1. The minimum Gasteiger partial charge on any atom is -0.462 e. The molecule has 14 heteroatoms. The fraction of sp³-hybridized carbons (Fsp3) is 0.959. The summed E-state index contributed by atoms with van der Waals surface area (Å²) < 4.78 is 44.1. The number of aliphatic hydroxyl groups is 4. The molecule has 6 unspecified atom stereocenters. The molecule has 6 N–H and O–H groups in total. The highest BCUT2D eigenvalue weighted by atomic mass is 32.2. The second-order valence-electron chi connectivity index (χ2n) is 35.5. The van der Waals surface area contributed by atoms with Crippen molar-refractivity contribution in [3.63, 3.8) is 0 Å². The van der Waals surface area contributed by atoms with Gasteiger partial charge in [0.25, 0.3) is 10.1 Å². The number of carbonyl (C=O) groups is 3. The van der Waals surface area contributed by atoms with Gasteiger partial charge < -0.3 is 35.2 Å². The van der Waals surface area contributed by atoms with E-state index in [1.54, 1.807) is 0 Å². The van der Waals surface area contributed by atoms with Crippen LogP contribution < -0.4 is 5.32 Å². The Hall–Kier alpha value is -1.84. The van der Waals surface area contributed by atoms with Crippen molar-refractivity contribution < 1.29 is 57.3 Å². The summed E-state index contributed by atoms with van der Waals surface area (Å²) in [4.78, 5) is 40.3. The van der Waals surface area contributed by atoms with Gasteiger partial charge in [-0.15, -0.1) is 0 Å². The molecule has 12 aliphatic rings. The molecule has 0 saturated heterocycles. The summed E-state index contributed by atoms with van der Waals surface area (Å²) in [6.45, 7) is 21.9. The van der Waals surface area contributed by atoms with Gasteiger partial charge in [-0.25, -0.2) is 0 Å². The van der Waals surface area contributed by atoms with Gasteiger partial charge in [-0.2, -0.15) is 8.42 Å². The minimum atomic E-state index is -4.12. The highest BCUT2D eigenvalue weighted by Crippen LogP contribution is 2.72. The molecule has 12 saturated carbocycles. The Morgan fingerprint density at radius 2 is 0.773 bits per heavy atom. The van der Waals surface area contributed by atoms with Crippen LogP contribution in [-0.4, -0.2) is 100 Å². The highest BCUT2D eigenvalue weighted by Gasteiger charge is 2.67. The average Bonchev–Trinajstić information content (AvgIpc) is 1.32. The molecule has 0 aliphatic heterocycles. The van der Waals surface area contributed by atoms with E-state index < -0.39 is 15.9 Å². The zero-order valence-electron chi connectivity index (χ0n) is 56.0. The summed E-state index contributed by atoms with van der Waals surface area (Å²) in [6, 6.07) is 0. The van der Waals surface area contributed by atoms with Crippen LogP contribution in [0.15, 0.2) is 0 Å². The lowest BCUT2D eigenvalue weighted by atomic mass is 9.43. The molecule has 0 aromatic rings. The van der Waals surface area contributed by atoms with E-state index in [0.717, 1.165) is 141 Å². The van der Waals surface area contributed by atoms with E-state index in [4.69, 9.17) is 14.0 Å². The predicted molar refractivity (Wildman–Crippen MR) is 340 cm³/mol. The van der Waals surface area contributed by atoms with Crippen LogP contribution in [-0.2, 0) is 34.0 Å². The van der Waals surface area contributed by atoms with E-state index >= 15 is 0 Å². The molecule has 500 valence electrons. The molecule has 12 rings (SSSR count). The van der Waals surface area contributed by atoms with Gasteiger partial charge in [0.05, 0.1) is 30.2 Å². The molecule has 88 heavy (non-hydrogen) atoms. The van der Waals surface area contributed by atoms with Crippen molar-refractivity contribution in [2.75, 3.05) is 12.3 Å². The van der Waals surface area contributed by atoms with Crippen LogP contribution in [0.5, 0.6) is 0 Å². The highest BCUT2D eigenvalue weighted by molar-refractivity contribution is 7.85. The van der Waals surface area contributed by atoms with Crippen LogP contribution >= 0.6 is 0 Å². The van der Waals surface area contributed by atoms with Crippen LogP contribution in [0.25, 0.3) is 0 Å². The van der Waals surface area contributed by atoms with Gasteiger partial charge in [-0.1, -0.05) is 62.3 Å². The fourth-order valence-corrected chi connectivity index (χ4v) is 27.6. The molecule has 12 aliphatic carbocycles. The lowest BCUT2D eigenvalue weighted by molar-refractivity contribution is -0.183. The number of rotatable bonds is 17. The van der Waals surface area contributed by atoms with Gasteiger partial charge in [0.15, 0.2) is 0 Å². The molecule has 0 bridgehead atoms. The molecule has 13 nitrogen and oxygen atoms in total. The van der Waals surface area contributed by atoms with Crippen LogP contribution in [0.3, 0.4) is 0 Å².